The van der Waals surface area contributed by atoms with Crippen molar-refractivity contribution < 1.29 is 19.1 Å². The summed E-state index contributed by atoms with van der Waals surface area (Å²) in [5.41, 5.74) is 3.75. The first-order chi connectivity index (χ1) is 12.9. The van der Waals surface area contributed by atoms with E-state index in [0.717, 1.165) is 16.7 Å². The molecule has 0 spiro atoms. The van der Waals surface area contributed by atoms with Crippen molar-refractivity contribution >= 4 is 29.1 Å². The zero-order valence-electron chi connectivity index (χ0n) is 15.2. The summed E-state index contributed by atoms with van der Waals surface area (Å²) in [5.74, 6) is -0.784. The number of aliphatic hydroxyl groups excluding tert-OH is 1. The molecule has 1 aliphatic heterocycles. The van der Waals surface area contributed by atoms with Gasteiger partial charge in [-0.1, -0.05) is 35.9 Å². The highest BCUT2D eigenvalue weighted by Gasteiger charge is 2.39. The van der Waals surface area contributed by atoms with Gasteiger partial charge < -0.3 is 5.11 Å². The number of halogens is 1. The third kappa shape index (κ3) is 3.96. The summed E-state index contributed by atoms with van der Waals surface area (Å²) < 4.78 is 13.1. The minimum atomic E-state index is -0.377. The lowest BCUT2D eigenvalue weighted by atomic mass is 9.99. The van der Waals surface area contributed by atoms with Gasteiger partial charge in [-0.3, -0.25) is 14.5 Å². The molecule has 3 rings (SSSR count). The Balaban J connectivity index is 1.99. The van der Waals surface area contributed by atoms with E-state index >= 15 is 0 Å². The molecule has 0 aliphatic carbocycles. The maximum Gasteiger partial charge on any atom is 0.268 e. The van der Waals surface area contributed by atoms with Crippen LogP contribution in [0.4, 0.5) is 4.39 Å². The lowest BCUT2D eigenvalue weighted by Gasteiger charge is -2.15. The summed E-state index contributed by atoms with van der Waals surface area (Å²) in [6, 6.07) is 11.5. The first-order valence-electron chi connectivity index (χ1n) is 8.58. The van der Waals surface area contributed by atoms with Crippen LogP contribution in [0.15, 0.2) is 47.4 Å². The maximum atomic E-state index is 13.1. The molecule has 0 unspecified atom stereocenters. The van der Waals surface area contributed by atoms with Crippen LogP contribution in [0.25, 0.3) is 5.57 Å². The topological polar surface area (TPSA) is 57.6 Å². The van der Waals surface area contributed by atoms with Crippen molar-refractivity contribution in [2.75, 3.05) is 12.4 Å². The van der Waals surface area contributed by atoms with Gasteiger partial charge in [-0.15, -0.1) is 11.8 Å². The van der Waals surface area contributed by atoms with E-state index in [4.69, 9.17) is 5.11 Å². The van der Waals surface area contributed by atoms with Gasteiger partial charge in [-0.2, -0.15) is 0 Å². The number of amides is 2. The Kier molecular flexibility index (Phi) is 5.77. The van der Waals surface area contributed by atoms with Crippen molar-refractivity contribution in [3.05, 3.63) is 75.4 Å². The van der Waals surface area contributed by atoms with E-state index in [0.29, 0.717) is 21.8 Å². The fourth-order valence-electron chi connectivity index (χ4n) is 3.08. The fourth-order valence-corrected chi connectivity index (χ4v) is 3.95. The molecule has 2 aromatic carbocycles. The van der Waals surface area contributed by atoms with Gasteiger partial charge in [0.25, 0.3) is 11.8 Å². The van der Waals surface area contributed by atoms with Gasteiger partial charge in [0.2, 0.25) is 0 Å². The van der Waals surface area contributed by atoms with Crippen LogP contribution in [0.1, 0.15) is 22.3 Å². The minimum absolute atomic E-state index is 0.0789. The summed E-state index contributed by atoms with van der Waals surface area (Å²) in [5, 5.41) is 9.16. The first kappa shape index (κ1) is 19.3. The predicted octanol–water partition coefficient (Wildman–Crippen LogP) is 3.45. The molecule has 0 radical (unpaired) electrons. The summed E-state index contributed by atoms with van der Waals surface area (Å²) in [4.78, 5) is 27.6. The SMILES string of the molecule is Cc1ccc(C2=C(SCCO)C(=O)N(Cc3ccc(F)cc3)C2=O)c(C)c1. The number of nitrogens with zero attached hydrogens (tertiary/aromatic N) is 1. The molecule has 0 saturated carbocycles. The molecule has 0 saturated heterocycles. The second kappa shape index (κ2) is 8.06. The third-order valence-corrected chi connectivity index (χ3v) is 5.42. The van der Waals surface area contributed by atoms with Crippen LogP contribution in [-0.4, -0.2) is 34.2 Å². The van der Waals surface area contributed by atoms with Crippen molar-refractivity contribution in [2.24, 2.45) is 0 Å². The number of aryl methyl sites for hydroxylation is 2. The summed E-state index contributed by atoms with van der Waals surface area (Å²) in [6.07, 6.45) is 0. The summed E-state index contributed by atoms with van der Waals surface area (Å²) in [7, 11) is 0. The monoisotopic (exact) mass is 385 g/mol. The van der Waals surface area contributed by atoms with Crippen LogP contribution in [0, 0.1) is 19.7 Å². The normalized spacial score (nSPS) is 14.4. The molecular weight excluding hydrogens is 365 g/mol. The molecular formula is C21H20FNO3S. The lowest BCUT2D eigenvalue weighted by Crippen LogP contribution is -2.31. The molecule has 4 nitrogen and oxygen atoms in total. The van der Waals surface area contributed by atoms with Gasteiger partial charge in [0.15, 0.2) is 0 Å². The van der Waals surface area contributed by atoms with E-state index in [1.54, 1.807) is 12.1 Å². The Labute approximate surface area is 161 Å². The average Bonchev–Trinajstić information content (AvgIpc) is 2.86. The number of hydrogen-bond acceptors (Lipinski definition) is 4. The predicted molar refractivity (Wildman–Crippen MR) is 104 cm³/mol. The minimum Gasteiger partial charge on any atom is -0.396 e. The molecule has 0 fully saturated rings. The lowest BCUT2D eigenvalue weighted by molar-refractivity contribution is -0.137. The van der Waals surface area contributed by atoms with Crippen LogP contribution in [0.3, 0.4) is 0 Å². The Morgan fingerprint density at radius 3 is 2.37 bits per heavy atom. The molecule has 1 aliphatic rings. The molecule has 1 N–H and O–H groups in total. The van der Waals surface area contributed by atoms with Gasteiger partial charge in [0, 0.05) is 5.75 Å². The van der Waals surface area contributed by atoms with E-state index in [1.165, 1.54) is 28.8 Å². The van der Waals surface area contributed by atoms with Crippen LogP contribution in [-0.2, 0) is 16.1 Å². The van der Waals surface area contributed by atoms with E-state index < -0.39 is 0 Å². The molecule has 140 valence electrons. The van der Waals surface area contributed by atoms with Crippen molar-refractivity contribution in [1.29, 1.82) is 0 Å². The van der Waals surface area contributed by atoms with Crippen molar-refractivity contribution in [2.45, 2.75) is 20.4 Å². The molecule has 0 aromatic heterocycles. The molecule has 1 heterocycles. The van der Waals surface area contributed by atoms with Crippen molar-refractivity contribution in [3.8, 4) is 0 Å². The zero-order chi connectivity index (χ0) is 19.6. The fraction of sp³-hybridized carbons (Fsp3) is 0.238. The molecule has 0 atom stereocenters. The van der Waals surface area contributed by atoms with E-state index in [9.17, 15) is 14.0 Å². The first-order valence-corrected chi connectivity index (χ1v) is 9.57. The number of benzene rings is 2. The van der Waals surface area contributed by atoms with Crippen molar-refractivity contribution in [3.63, 3.8) is 0 Å². The molecule has 27 heavy (non-hydrogen) atoms. The number of rotatable bonds is 6. The third-order valence-electron chi connectivity index (χ3n) is 4.37. The van der Waals surface area contributed by atoms with Gasteiger partial charge in [0.05, 0.1) is 23.6 Å². The van der Waals surface area contributed by atoms with Gasteiger partial charge in [0.1, 0.15) is 5.82 Å². The van der Waals surface area contributed by atoms with Gasteiger partial charge >= 0.3 is 0 Å². The van der Waals surface area contributed by atoms with Crippen molar-refractivity contribution in [1.82, 2.24) is 4.90 Å². The Morgan fingerprint density at radius 1 is 1.04 bits per heavy atom. The number of aliphatic hydroxyl groups is 1. The molecule has 2 amide bonds. The largest absolute Gasteiger partial charge is 0.396 e. The van der Waals surface area contributed by atoms with E-state index in [2.05, 4.69) is 0 Å². The maximum absolute atomic E-state index is 13.1. The highest BCUT2D eigenvalue weighted by molar-refractivity contribution is 8.04. The van der Waals surface area contributed by atoms with Crippen LogP contribution < -0.4 is 0 Å². The van der Waals surface area contributed by atoms with E-state index in [1.807, 2.05) is 32.0 Å². The summed E-state index contributed by atoms with van der Waals surface area (Å²) >= 11 is 1.19. The average molecular weight is 385 g/mol. The molecule has 2 aromatic rings. The van der Waals surface area contributed by atoms with Gasteiger partial charge in [-0.25, -0.2) is 4.39 Å². The Morgan fingerprint density at radius 2 is 1.74 bits per heavy atom. The number of imide groups is 1. The smallest absolute Gasteiger partial charge is 0.268 e. The second-order valence-corrected chi connectivity index (χ2v) is 7.52. The standard InChI is InChI=1S/C21H20FNO3S/c1-13-3-8-17(14(2)11-13)18-19(27-10-9-24)21(26)23(20(18)25)12-15-4-6-16(22)7-5-15/h3-8,11,24H,9-10,12H2,1-2H3. The summed E-state index contributed by atoms with van der Waals surface area (Å²) in [6.45, 7) is 3.86. The van der Waals surface area contributed by atoms with Crippen LogP contribution in [0.2, 0.25) is 0 Å². The Bertz CT molecular complexity index is 922. The zero-order valence-corrected chi connectivity index (χ0v) is 16.0. The number of carbonyl (C=O) groups is 2. The van der Waals surface area contributed by atoms with Crippen LogP contribution >= 0.6 is 11.8 Å². The second-order valence-electron chi connectivity index (χ2n) is 6.42. The number of carbonyl (C=O) groups excluding carboxylic acids is 2. The number of hydrogen-bond donors (Lipinski definition) is 1. The highest BCUT2D eigenvalue weighted by atomic mass is 32.2. The molecule has 0 bridgehead atoms. The quantitative estimate of drug-likeness (QED) is 0.774. The van der Waals surface area contributed by atoms with Crippen LogP contribution in [0.5, 0.6) is 0 Å². The number of thioether (sulfide) groups is 1. The highest BCUT2D eigenvalue weighted by Crippen LogP contribution is 2.38. The van der Waals surface area contributed by atoms with Gasteiger partial charge in [-0.05, 0) is 42.7 Å². The molecule has 6 heteroatoms. The Hall–Kier alpha value is -2.44. The van der Waals surface area contributed by atoms with E-state index in [-0.39, 0.29) is 30.8 Å².